The van der Waals surface area contributed by atoms with Crippen molar-refractivity contribution in [2.45, 2.75) is 24.5 Å². The predicted octanol–water partition coefficient (Wildman–Crippen LogP) is 1.14. The Kier molecular flexibility index (Phi) is 4.24. The number of ether oxygens (including phenoxy) is 2. The maximum Gasteiger partial charge on any atom is 0.293 e. The van der Waals surface area contributed by atoms with Crippen LogP contribution < -0.4 is 0 Å². The fourth-order valence-electron chi connectivity index (χ4n) is 2.46. The first-order chi connectivity index (χ1) is 10.5. The molecule has 7 nitrogen and oxygen atoms in total. The lowest BCUT2D eigenvalue weighted by molar-refractivity contribution is -0.135. The van der Waals surface area contributed by atoms with Crippen LogP contribution in [0.2, 0.25) is 10.0 Å². The van der Waals surface area contributed by atoms with Crippen LogP contribution in [0.1, 0.15) is 6.23 Å². The number of aromatic nitrogens is 2. The molecule has 1 fully saturated rings. The molecule has 1 aromatic heterocycles. The number of hydrogen-bond acceptors (Lipinski definition) is 6. The first-order valence-electron chi connectivity index (χ1n) is 6.41. The second kappa shape index (κ2) is 6.02. The standard InChI is InChI=1S/C13H12Cl2N2O5/c14-6-1-8-9(2-7(6)15)17(4-16-8)13-12(20)11(19)10(22-13)3-21-5-18/h1-2,4-5,10-13,19-20H,3H2. The summed E-state index contributed by atoms with van der Waals surface area (Å²) in [4.78, 5) is 14.4. The molecule has 118 valence electrons. The van der Waals surface area contributed by atoms with E-state index in [0.717, 1.165) is 0 Å². The van der Waals surface area contributed by atoms with Crippen molar-refractivity contribution in [3.05, 3.63) is 28.5 Å². The summed E-state index contributed by atoms with van der Waals surface area (Å²) < 4.78 is 11.7. The zero-order valence-electron chi connectivity index (χ0n) is 11.1. The van der Waals surface area contributed by atoms with Gasteiger partial charge in [0.05, 0.1) is 27.4 Å². The average molecular weight is 347 g/mol. The third kappa shape index (κ3) is 2.55. The van der Waals surface area contributed by atoms with Crippen molar-refractivity contribution >= 4 is 40.7 Å². The van der Waals surface area contributed by atoms with Gasteiger partial charge in [-0.05, 0) is 12.1 Å². The Morgan fingerprint density at radius 2 is 2.05 bits per heavy atom. The largest absolute Gasteiger partial charge is 0.465 e. The van der Waals surface area contributed by atoms with Gasteiger partial charge >= 0.3 is 0 Å². The minimum atomic E-state index is -1.20. The molecule has 2 N–H and O–H groups in total. The number of halogens is 2. The molecule has 0 amide bonds. The number of carbonyl (C=O) groups is 1. The van der Waals surface area contributed by atoms with Crippen LogP contribution in [0.15, 0.2) is 18.5 Å². The number of aliphatic hydroxyl groups excluding tert-OH is 2. The third-order valence-corrected chi connectivity index (χ3v) is 4.28. The molecule has 9 heteroatoms. The van der Waals surface area contributed by atoms with Crippen molar-refractivity contribution in [3.63, 3.8) is 0 Å². The highest BCUT2D eigenvalue weighted by Gasteiger charge is 2.44. The molecular formula is C13H12Cl2N2O5. The molecule has 0 saturated carbocycles. The van der Waals surface area contributed by atoms with Gasteiger partial charge in [0.1, 0.15) is 24.9 Å². The van der Waals surface area contributed by atoms with E-state index in [1.165, 1.54) is 6.33 Å². The Balaban J connectivity index is 1.94. The third-order valence-electron chi connectivity index (χ3n) is 3.56. The highest BCUT2D eigenvalue weighted by atomic mass is 35.5. The lowest BCUT2D eigenvalue weighted by Gasteiger charge is -2.17. The van der Waals surface area contributed by atoms with Gasteiger partial charge in [-0.2, -0.15) is 0 Å². The monoisotopic (exact) mass is 346 g/mol. The number of rotatable bonds is 4. The summed E-state index contributed by atoms with van der Waals surface area (Å²) in [5.41, 5.74) is 1.18. The molecule has 1 aliphatic rings. The molecule has 1 aliphatic heterocycles. The van der Waals surface area contributed by atoms with Crippen LogP contribution in [0.4, 0.5) is 0 Å². The van der Waals surface area contributed by atoms with Crippen LogP contribution in [0.3, 0.4) is 0 Å². The molecule has 4 unspecified atom stereocenters. The van der Waals surface area contributed by atoms with Gasteiger partial charge in [0, 0.05) is 0 Å². The van der Waals surface area contributed by atoms with Crippen LogP contribution in [-0.4, -0.2) is 51.2 Å². The normalized spacial score (nSPS) is 28.2. The molecule has 0 spiro atoms. The number of hydrogen-bond donors (Lipinski definition) is 2. The number of nitrogens with zero attached hydrogens (tertiary/aromatic N) is 2. The predicted molar refractivity (Wildman–Crippen MR) is 77.7 cm³/mol. The van der Waals surface area contributed by atoms with E-state index in [4.69, 9.17) is 27.9 Å². The van der Waals surface area contributed by atoms with Crippen LogP contribution in [0.25, 0.3) is 11.0 Å². The number of carbonyl (C=O) groups excluding carboxylic acids is 1. The highest BCUT2D eigenvalue weighted by molar-refractivity contribution is 6.42. The summed E-state index contributed by atoms with van der Waals surface area (Å²) in [7, 11) is 0. The van der Waals surface area contributed by atoms with E-state index in [9.17, 15) is 15.0 Å². The van der Waals surface area contributed by atoms with Gasteiger partial charge in [-0.15, -0.1) is 0 Å². The molecule has 0 bridgehead atoms. The van der Waals surface area contributed by atoms with E-state index in [2.05, 4.69) is 9.72 Å². The zero-order chi connectivity index (χ0) is 15.9. The molecule has 4 atom stereocenters. The van der Waals surface area contributed by atoms with Crippen molar-refractivity contribution in [1.29, 1.82) is 0 Å². The molecule has 0 aliphatic carbocycles. The highest BCUT2D eigenvalue weighted by Crippen LogP contribution is 2.34. The molecule has 2 heterocycles. The van der Waals surface area contributed by atoms with Gasteiger partial charge in [0.25, 0.3) is 6.47 Å². The molecule has 1 aromatic carbocycles. The second-order valence-corrected chi connectivity index (χ2v) is 5.70. The minimum Gasteiger partial charge on any atom is -0.465 e. The molecule has 3 rings (SSSR count). The SMILES string of the molecule is O=COCC1OC(n2cnc3cc(Cl)c(Cl)cc32)C(O)C1O. The Bertz CT molecular complexity index is 707. The van der Waals surface area contributed by atoms with E-state index < -0.39 is 24.5 Å². The van der Waals surface area contributed by atoms with Gasteiger partial charge < -0.3 is 24.3 Å². The van der Waals surface area contributed by atoms with Crippen LogP contribution in [0.5, 0.6) is 0 Å². The summed E-state index contributed by atoms with van der Waals surface area (Å²) in [6, 6.07) is 3.20. The van der Waals surface area contributed by atoms with Crippen molar-refractivity contribution in [2.75, 3.05) is 6.61 Å². The average Bonchev–Trinajstić information content (AvgIpc) is 3.01. The maximum absolute atomic E-state index is 10.2. The van der Waals surface area contributed by atoms with Crippen LogP contribution in [0, 0.1) is 0 Å². The van der Waals surface area contributed by atoms with Gasteiger partial charge in [-0.1, -0.05) is 23.2 Å². The first-order valence-corrected chi connectivity index (χ1v) is 7.17. The first kappa shape index (κ1) is 15.5. The minimum absolute atomic E-state index is 0.155. The summed E-state index contributed by atoms with van der Waals surface area (Å²) in [6.07, 6.45) is -2.64. The molecular weight excluding hydrogens is 335 g/mol. The molecule has 2 aromatic rings. The van der Waals surface area contributed by atoms with E-state index in [1.807, 2.05) is 0 Å². The fraction of sp³-hybridized carbons (Fsp3) is 0.385. The molecule has 22 heavy (non-hydrogen) atoms. The smallest absolute Gasteiger partial charge is 0.293 e. The van der Waals surface area contributed by atoms with Crippen LogP contribution >= 0.6 is 23.2 Å². The zero-order valence-corrected chi connectivity index (χ0v) is 12.6. The maximum atomic E-state index is 10.2. The number of fused-ring (bicyclic) bond motifs is 1. The van der Waals surface area contributed by atoms with Crippen molar-refractivity contribution < 1.29 is 24.5 Å². The summed E-state index contributed by atoms with van der Waals surface area (Å²) in [5, 5.41) is 20.8. The van der Waals surface area contributed by atoms with Crippen molar-refractivity contribution in [1.82, 2.24) is 9.55 Å². The Morgan fingerprint density at radius 1 is 1.32 bits per heavy atom. The van der Waals surface area contributed by atoms with E-state index in [1.54, 1.807) is 16.7 Å². The van der Waals surface area contributed by atoms with Gasteiger partial charge in [-0.3, -0.25) is 4.79 Å². The lowest BCUT2D eigenvalue weighted by atomic mass is 10.1. The van der Waals surface area contributed by atoms with Gasteiger partial charge in [0.2, 0.25) is 0 Å². The molecule has 1 saturated heterocycles. The Morgan fingerprint density at radius 3 is 2.77 bits per heavy atom. The van der Waals surface area contributed by atoms with Crippen molar-refractivity contribution in [2.24, 2.45) is 0 Å². The van der Waals surface area contributed by atoms with Gasteiger partial charge in [0.15, 0.2) is 6.23 Å². The number of imidazole rings is 1. The quantitative estimate of drug-likeness (QED) is 0.806. The number of aliphatic hydroxyl groups is 2. The van der Waals surface area contributed by atoms with E-state index in [0.29, 0.717) is 21.1 Å². The van der Waals surface area contributed by atoms with E-state index in [-0.39, 0.29) is 13.1 Å². The fourth-order valence-corrected chi connectivity index (χ4v) is 2.77. The summed E-state index contributed by atoms with van der Waals surface area (Å²) >= 11 is 11.9. The van der Waals surface area contributed by atoms with Crippen LogP contribution in [-0.2, 0) is 14.3 Å². The van der Waals surface area contributed by atoms with Crippen molar-refractivity contribution in [3.8, 4) is 0 Å². The topological polar surface area (TPSA) is 93.8 Å². The summed E-state index contributed by atoms with van der Waals surface area (Å²) in [6.45, 7) is 0.0988. The summed E-state index contributed by atoms with van der Waals surface area (Å²) in [5.74, 6) is 0. The lowest BCUT2D eigenvalue weighted by Crippen LogP contribution is -2.33. The Labute approximate surface area is 135 Å². The van der Waals surface area contributed by atoms with E-state index >= 15 is 0 Å². The number of benzene rings is 1. The Hall–Kier alpha value is -1.38. The molecule has 0 radical (unpaired) electrons. The second-order valence-electron chi connectivity index (χ2n) is 4.88. The van der Waals surface area contributed by atoms with Gasteiger partial charge in [-0.25, -0.2) is 4.98 Å².